The highest BCUT2D eigenvalue weighted by atomic mass is 32.2. The number of sulfonamides is 1. The molecule has 1 atom stereocenters. The van der Waals surface area contributed by atoms with E-state index in [-0.39, 0.29) is 6.04 Å². The van der Waals surface area contributed by atoms with Gasteiger partial charge in [0.05, 0.1) is 12.3 Å². The molecule has 1 aromatic rings. The topological polar surface area (TPSA) is 66.4 Å². The molecule has 1 aromatic heterocycles. The Bertz CT molecular complexity index is 626. The third-order valence-corrected chi connectivity index (χ3v) is 6.02. The lowest BCUT2D eigenvalue weighted by molar-refractivity contribution is 0.389. The van der Waals surface area contributed by atoms with Crippen molar-refractivity contribution in [3.05, 3.63) is 18.1 Å². The van der Waals surface area contributed by atoms with Gasteiger partial charge in [-0.2, -0.15) is 4.31 Å². The Morgan fingerprint density at radius 1 is 1.09 bits per heavy atom. The molecule has 3 heterocycles. The Morgan fingerprint density at radius 2 is 1.77 bits per heavy atom. The molecule has 2 fully saturated rings. The molecule has 6 nitrogen and oxygen atoms in total. The molecule has 0 N–H and O–H groups in total. The van der Waals surface area contributed by atoms with Crippen LogP contribution in [0.25, 0.3) is 0 Å². The minimum atomic E-state index is -3.21. The molecule has 0 aliphatic carbocycles. The summed E-state index contributed by atoms with van der Waals surface area (Å²) in [6.45, 7) is 4.80. The average Bonchev–Trinajstić information content (AvgIpc) is 2.97. The molecule has 3 rings (SSSR count). The molecule has 0 radical (unpaired) electrons. The summed E-state index contributed by atoms with van der Waals surface area (Å²) < 4.78 is 25.6. The number of anilines is 1. The second kappa shape index (κ2) is 6.12. The third-order valence-electron chi connectivity index (χ3n) is 4.73. The zero-order valence-electron chi connectivity index (χ0n) is 13.3. The molecule has 0 saturated carbocycles. The molecule has 2 saturated heterocycles. The van der Waals surface area contributed by atoms with E-state index >= 15 is 0 Å². The summed E-state index contributed by atoms with van der Waals surface area (Å²) in [6, 6.07) is -0.168. The second-order valence-electron chi connectivity index (χ2n) is 6.47. The Hall–Kier alpha value is -1.21. The van der Waals surface area contributed by atoms with E-state index in [0.717, 1.165) is 56.2 Å². The molecule has 2 aliphatic rings. The number of hydrogen-bond acceptors (Lipinski definition) is 5. The van der Waals surface area contributed by atoms with Crippen molar-refractivity contribution in [1.82, 2.24) is 14.3 Å². The maximum absolute atomic E-state index is 12.0. The predicted molar refractivity (Wildman–Crippen MR) is 86.2 cm³/mol. The smallest absolute Gasteiger partial charge is 0.211 e. The van der Waals surface area contributed by atoms with Crippen molar-refractivity contribution in [2.24, 2.45) is 5.92 Å². The Kier molecular flexibility index (Phi) is 4.36. The van der Waals surface area contributed by atoms with Crippen LogP contribution in [0.4, 0.5) is 5.82 Å². The van der Waals surface area contributed by atoms with Gasteiger partial charge in [0.2, 0.25) is 10.0 Å². The fraction of sp³-hybridized carbons (Fsp3) is 0.733. The quantitative estimate of drug-likeness (QED) is 0.848. The van der Waals surface area contributed by atoms with Gasteiger partial charge in [-0.05, 0) is 31.6 Å². The standard InChI is InChI=1S/C15H24N4O2S/c1-12-5-10-18(11-6-12)15-14(16-7-8-17-15)13-4-3-9-19(13)22(2,20)21/h7-8,12-13H,3-6,9-11H2,1-2H3. The van der Waals surface area contributed by atoms with Gasteiger partial charge in [-0.25, -0.2) is 13.4 Å². The highest BCUT2D eigenvalue weighted by molar-refractivity contribution is 7.88. The molecule has 7 heteroatoms. The number of rotatable bonds is 3. The molecule has 0 amide bonds. The van der Waals surface area contributed by atoms with E-state index in [2.05, 4.69) is 21.8 Å². The minimum Gasteiger partial charge on any atom is -0.355 e. The summed E-state index contributed by atoms with van der Waals surface area (Å²) in [4.78, 5) is 11.3. The molecular weight excluding hydrogens is 300 g/mol. The molecular formula is C15H24N4O2S. The molecule has 122 valence electrons. The Labute approximate surface area is 132 Å². The molecule has 1 unspecified atom stereocenters. The van der Waals surface area contributed by atoms with E-state index in [9.17, 15) is 8.42 Å². The van der Waals surface area contributed by atoms with E-state index < -0.39 is 10.0 Å². The minimum absolute atomic E-state index is 0.168. The highest BCUT2D eigenvalue weighted by Gasteiger charge is 2.36. The van der Waals surface area contributed by atoms with Crippen molar-refractivity contribution in [3.8, 4) is 0 Å². The van der Waals surface area contributed by atoms with E-state index in [1.54, 1.807) is 16.7 Å². The van der Waals surface area contributed by atoms with E-state index in [0.29, 0.717) is 6.54 Å². The molecule has 0 bridgehead atoms. The first-order valence-corrected chi connectivity index (χ1v) is 9.84. The van der Waals surface area contributed by atoms with Crippen LogP contribution in [-0.2, 0) is 10.0 Å². The highest BCUT2D eigenvalue weighted by Crippen LogP contribution is 2.37. The van der Waals surface area contributed by atoms with Gasteiger partial charge < -0.3 is 4.90 Å². The van der Waals surface area contributed by atoms with Gasteiger partial charge in [0.25, 0.3) is 0 Å². The largest absolute Gasteiger partial charge is 0.355 e. The summed E-state index contributed by atoms with van der Waals surface area (Å²) in [5, 5.41) is 0. The first kappa shape index (κ1) is 15.7. The zero-order chi connectivity index (χ0) is 15.7. The fourth-order valence-electron chi connectivity index (χ4n) is 3.45. The summed E-state index contributed by atoms with van der Waals surface area (Å²) in [7, 11) is -3.21. The van der Waals surface area contributed by atoms with Crippen LogP contribution in [0.15, 0.2) is 12.4 Å². The van der Waals surface area contributed by atoms with Crippen LogP contribution < -0.4 is 4.90 Å². The summed E-state index contributed by atoms with van der Waals surface area (Å²) in [6.07, 6.45) is 8.66. The lowest BCUT2D eigenvalue weighted by atomic mass is 9.99. The van der Waals surface area contributed by atoms with Gasteiger partial charge in [0, 0.05) is 32.0 Å². The SMILES string of the molecule is CC1CCN(c2nccnc2C2CCCN2S(C)(=O)=O)CC1. The lowest BCUT2D eigenvalue weighted by Gasteiger charge is -2.33. The fourth-order valence-corrected chi connectivity index (χ4v) is 4.58. The van der Waals surface area contributed by atoms with E-state index in [1.165, 1.54) is 6.26 Å². The van der Waals surface area contributed by atoms with E-state index in [1.807, 2.05) is 0 Å². The molecule has 2 aliphatic heterocycles. The van der Waals surface area contributed by atoms with Crippen LogP contribution in [0.2, 0.25) is 0 Å². The number of nitrogens with zero attached hydrogens (tertiary/aromatic N) is 4. The van der Waals surface area contributed by atoms with Crippen molar-refractivity contribution in [3.63, 3.8) is 0 Å². The van der Waals surface area contributed by atoms with Crippen molar-refractivity contribution < 1.29 is 8.42 Å². The second-order valence-corrected chi connectivity index (χ2v) is 8.40. The first-order valence-electron chi connectivity index (χ1n) is 7.99. The van der Waals surface area contributed by atoms with Crippen molar-refractivity contribution in [2.45, 2.75) is 38.6 Å². The zero-order valence-corrected chi connectivity index (χ0v) is 14.1. The average molecular weight is 324 g/mol. The maximum atomic E-state index is 12.0. The monoisotopic (exact) mass is 324 g/mol. The summed E-state index contributed by atoms with van der Waals surface area (Å²) >= 11 is 0. The molecule has 22 heavy (non-hydrogen) atoms. The van der Waals surface area contributed by atoms with Crippen LogP contribution >= 0.6 is 0 Å². The van der Waals surface area contributed by atoms with Crippen LogP contribution in [0, 0.1) is 5.92 Å². The van der Waals surface area contributed by atoms with Crippen molar-refractivity contribution >= 4 is 15.8 Å². The first-order chi connectivity index (χ1) is 10.5. The van der Waals surface area contributed by atoms with Gasteiger partial charge in [-0.1, -0.05) is 6.92 Å². The summed E-state index contributed by atoms with van der Waals surface area (Å²) in [5.74, 6) is 1.62. The molecule has 0 spiro atoms. The normalized spacial score (nSPS) is 24.8. The Morgan fingerprint density at radius 3 is 2.45 bits per heavy atom. The van der Waals surface area contributed by atoms with Crippen LogP contribution in [-0.4, -0.2) is 48.6 Å². The molecule has 0 aromatic carbocycles. The van der Waals surface area contributed by atoms with Gasteiger partial charge in [-0.3, -0.25) is 4.98 Å². The van der Waals surface area contributed by atoms with Crippen LogP contribution in [0.3, 0.4) is 0 Å². The number of aromatic nitrogens is 2. The summed E-state index contributed by atoms with van der Waals surface area (Å²) in [5.41, 5.74) is 0.819. The van der Waals surface area contributed by atoms with Gasteiger partial charge >= 0.3 is 0 Å². The van der Waals surface area contributed by atoms with Crippen LogP contribution in [0.5, 0.6) is 0 Å². The number of piperidine rings is 1. The van der Waals surface area contributed by atoms with E-state index in [4.69, 9.17) is 0 Å². The number of hydrogen-bond donors (Lipinski definition) is 0. The van der Waals surface area contributed by atoms with Crippen molar-refractivity contribution in [1.29, 1.82) is 0 Å². The lowest BCUT2D eigenvalue weighted by Crippen LogP contribution is -2.36. The Balaban J connectivity index is 1.91. The van der Waals surface area contributed by atoms with Gasteiger partial charge in [0.1, 0.15) is 5.69 Å². The van der Waals surface area contributed by atoms with Gasteiger partial charge in [-0.15, -0.1) is 0 Å². The van der Waals surface area contributed by atoms with Crippen molar-refractivity contribution in [2.75, 3.05) is 30.8 Å². The van der Waals surface area contributed by atoms with Gasteiger partial charge in [0.15, 0.2) is 5.82 Å². The third kappa shape index (κ3) is 3.10. The van der Waals surface area contributed by atoms with Crippen LogP contribution in [0.1, 0.15) is 44.3 Å². The maximum Gasteiger partial charge on any atom is 0.211 e. The predicted octanol–water partition coefficient (Wildman–Crippen LogP) is 1.81.